The monoisotopic (exact) mass is 2220 g/mol. The minimum Gasteiger partial charge on any atom is -0.870 e. The molecule has 13 aromatic heterocycles. The summed E-state index contributed by atoms with van der Waals surface area (Å²) in [4.78, 5) is 177. The van der Waals surface area contributed by atoms with Crippen LogP contribution in [0, 0.1) is 0 Å². The van der Waals surface area contributed by atoms with Crippen molar-refractivity contribution < 1.29 is 77.6 Å². The molecule has 0 radical (unpaired) electrons. The first kappa shape index (κ1) is 122. The van der Waals surface area contributed by atoms with Crippen molar-refractivity contribution in [3.05, 3.63) is 230 Å². The first-order valence-corrected chi connectivity index (χ1v) is 46.4. The Bertz CT molecular complexity index is 7560. The zero-order chi connectivity index (χ0) is 105. The third kappa shape index (κ3) is 36.9. The largest absolute Gasteiger partial charge is 1.00 e. The fourth-order valence-corrected chi connectivity index (χ4v) is 13.9. The third-order valence-electron chi connectivity index (χ3n) is 19.1. The predicted molar refractivity (Wildman–Crippen MR) is 551 cm³/mol. The molecule has 146 heavy (non-hydrogen) atoms. The Morgan fingerprint density at radius 2 is 0.740 bits per heavy atom. The molecule has 0 fully saturated rings. The average molecular weight is 2220 g/mol. The number of halogens is 11. The Labute approximate surface area is 894 Å². The second kappa shape index (κ2) is 59.0. The van der Waals surface area contributed by atoms with E-state index in [0.717, 1.165) is 27.9 Å². The van der Waals surface area contributed by atoms with Crippen molar-refractivity contribution in [1.29, 1.82) is 0 Å². The minimum absolute atomic E-state index is 0. The van der Waals surface area contributed by atoms with Crippen LogP contribution in [0.3, 0.4) is 0 Å². The van der Waals surface area contributed by atoms with Gasteiger partial charge in [-0.05, 0) is 166 Å². The number of Topliss-reactive ketones (excluding diaryl/α,β-unsaturated/α-hetero) is 6. The van der Waals surface area contributed by atoms with E-state index in [1.54, 1.807) is 95.5 Å². The molecule has 0 bridgehead atoms. The number of ketones is 7. The number of nitrogens with one attached hydrogen (secondary N) is 6. The van der Waals surface area contributed by atoms with Gasteiger partial charge in [-0.15, -0.1) is 0 Å². The molecule has 768 valence electrons. The van der Waals surface area contributed by atoms with Crippen molar-refractivity contribution in [2.45, 2.75) is 152 Å². The Kier molecular flexibility index (Phi) is 49.2. The zero-order valence-electron chi connectivity index (χ0n) is 79.5. The van der Waals surface area contributed by atoms with Gasteiger partial charge in [0.25, 0.3) is 22.2 Å². The molecule has 0 atom stereocenters. The molecule has 11 N–H and O–H groups in total. The van der Waals surface area contributed by atoms with E-state index in [2.05, 4.69) is 123 Å². The van der Waals surface area contributed by atoms with Gasteiger partial charge in [0.05, 0.1) is 106 Å². The number of carbonyl (C=O) groups excluding carboxylic acids is 7. The zero-order valence-corrected chi connectivity index (χ0v) is 87.8. The molecule has 0 aliphatic carbocycles. The van der Waals surface area contributed by atoms with Crippen LogP contribution in [-0.2, 0) is 99.0 Å². The van der Waals surface area contributed by atoms with Gasteiger partial charge in [-0.1, -0.05) is 94.4 Å². The average Bonchev–Trinajstić information content (AvgIpc) is 1.62. The molecule has 17 rings (SSSR count). The molecule has 16 aromatic rings. The number of carbonyl (C=O) groups is 7. The van der Waals surface area contributed by atoms with Crippen LogP contribution in [0.1, 0.15) is 115 Å². The van der Waals surface area contributed by atoms with E-state index in [1.807, 2.05) is 18.2 Å². The van der Waals surface area contributed by atoms with Gasteiger partial charge in [0, 0.05) is 104 Å². The van der Waals surface area contributed by atoms with E-state index in [9.17, 15) is 52.7 Å². The first-order valence-electron chi connectivity index (χ1n) is 42.3. The smallest absolute Gasteiger partial charge is 0.870 e. The van der Waals surface area contributed by atoms with Crippen molar-refractivity contribution >= 4 is 252 Å². The number of nitrogens with zero attached hydrogens (tertiary/aromatic N) is 23. The van der Waals surface area contributed by atoms with Crippen LogP contribution in [0.5, 0.6) is 17.6 Å². The quantitative estimate of drug-likeness (QED) is 0.0130. The van der Waals surface area contributed by atoms with Gasteiger partial charge < -0.3 is 41.5 Å². The van der Waals surface area contributed by atoms with Crippen molar-refractivity contribution in [2.75, 3.05) is 32.0 Å². The van der Waals surface area contributed by atoms with Gasteiger partial charge in [0.2, 0.25) is 56.0 Å². The topological polar surface area (TPSA) is 638 Å². The molecular formula is C88H92Cl11LiN30O16. The normalized spacial score (nSPS) is 10.6. The van der Waals surface area contributed by atoms with Crippen LogP contribution < -0.4 is 71.7 Å². The van der Waals surface area contributed by atoms with E-state index in [4.69, 9.17) is 148 Å². The summed E-state index contributed by atoms with van der Waals surface area (Å²) in [6.07, 6.45) is 14.7. The first-order chi connectivity index (χ1) is 68.0. The van der Waals surface area contributed by atoms with Gasteiger partial charge in [-0.3, -0.25) is 106 Å². The van der Waals surface area contributed by atoms with Crippen LogP contribution in [0.4, 0.5) is 11.9 Å². The van der Waals surface area contributed by atoms with E-state index >= 15 is 0 Å². The van der Waals surface area contributed by atoms with Crippen molar-refractivity contribution in [3.8, 4) is 17.6 Å². The second-order valence-corrected chi connectivity index (χ2v) is 34.4. The Hall–Kier alpha value is -13.0. The van der Waals surface area contributed by atoms with E-state index in [0.29, 0.717) is 219 Å². The number of aliphatic imine (C=N–C) groups is 1. The molecule has 46 nitrogen and oxygen atoms in total. The van der Waals surface area contributed by atoms with Crippen LogP contribution in [0.15, 0.2) is 129 Å². The number of fused-ring (bicyclic) bond motifs is 7. The summed E-state index contributed by atoms with van der Waals surface area (Å²) in [5.41, 5.74) is 13.8. The summed E-state index contributed by atoms with van der Waals surface area (Å²) in [6.45, 7) is 18.2. The van der Waals surface area contributed by atoms with Crippen LogP contribution >= 0.6 is 128 Å². The Morgan fingerprint density at radius 3 is 1.16 bits per heavy atom. The number of hydrogen-bond donors (Lipinski definition) is 7. The minimum atomic E-state index is -0.378. The number of methoxy groups -OCH3 is 3. The molecule has 0 saturated heterocycles. The number of anilines is 2. The van der Waals surface area contributed by atoms with E-state index in [-0.39, 0.29) is 130 Å². The Balaban J connectivity index is 0.000000256. The number of aryl methyl sites for hydroxylation is 6. The van der Waals surface area contributed by atoms with Crippen LogP contribution in [-0.4, -0.2) is 207 Å². The number of aromatic nitrogens is 26. The van der Waals surface area contributed by atoms with E-state index in [1.165, 1.54) is 88.3 Å². The molecule has 14 heterocycles. The maximum atomic E-state index is 12.3. The van der Waals surface area contributed by atoms with Crippen molar-refractivity contribution in [2.24, 2.45) is 10.7 Å². The summed E-state index contributed by atoms with van der Waals surface area (Å²) < 4.78 is 24.5. The Morgan fingerprint density at radius 1 is 0.411 bits per heavy atom. The van der Waals surface area contributed by atoms with Gasteiger partial charge in [-0.2, -0.15) is 45.5 Å². The summed E-state index contributed by atoms with van der Waals surface area (Å²) in [5.74, 6) is 2.31. The maximum Gasteiger partial charge on any atom is 1.00 e. The van der Waals surface area contributed by atoms with E-state index < -0.39 is 0 Å². The predicted octanol–water partition coefficient (Wildman–Crippen LogP) is 10.8. The number of rotatable bonds is 29. The molecule has 0 saturated carbocycles. The molecule has 0 spiro atoms. The van der Waals surface area contributed by atoms with Crippen molar-refractivity contribution in [3.63, 3.8) is 0 Å². The molecule has 0 unspecified atom stereocenters. The molecule has 3 aromatic carbocycles. The van der Waals surface area contributed by atoms with Gasteiger partial charge >= 0.3 is 18.9 Å². The standard InChI is InChI=1S/2C16H15Cl2N5O2.2C10H11ClN4O2.2C9H9ClN4O2.C7H7Cl2N.C7H6ClN3O.C4H6O.Li.2H2O/c1-9(24)4-5-23-8-13-14(22-23)15(25)21-16(20-13)19-7-10-2-3-11(17)12(18)6-10;1-9(24)4-5-23-14-13(8-20-23)21-16(22-15(14)25)19-7-10-2-3-11(17)12(18)6-10;1-6(16)3-4-15-5-7-8(14-15)9(17-2)13-10(11)12-7;1-6(16)3-4-15-8-7(5-12-15)13-10(11)14-9(8)17-2;1-5(15)2-3-14-4-6-7(13-14)8(16)12-9(10)11-6;1-5(15)2-3-14-7-6(4-11-14)12-9(10)13-8(7)16;8-6-2-1-5(4-10)3-7(6)9;1-12-6-4-2-9-3-5(4)10-7(8)11-6;1-3-4(2)5;;;/h2-3,6,8H,4-5,7H2,1H3,(H2,19,20,21,25);2-3,6,8H,4-5,7H2,1H3,(H2,19,21,22,25);2*5H,3-4H2,1-2H3;4H,2-3H2,1H3,(H,11,12,16);4H,2-3H2,1H3,(H,12,13,16);1-3H,4,10H2;3H,2H2,1H3;3H,1H2,2H3;;2*1H2/q;;;;;;;;;+1;;/p-1. The molecular weight excluding hydrogens is 2130 g/mol. The number of nitrogens with two attached hydrogens (primary N) is 1. The molecule has 1 aliphatic heterocycles. The molecule has 0 amide bonds. The maximum absolute atomic E-state index is 12.3. The van der Waals surface area contributed by atoms with Gasteiger partial charge in [0.15, 0.2) is 33.4 Å². The summed E-state index contributed by atoms with van der Waals surface area (Å²) in [6, 6.07) is 15.9. The number of aromatic amines is 4. The molecule has 58 heteroatoms. The number of H-pyrrole nitrogens is 4. The summed E-state index contributed by atoms with van der Waals surface area (Å²) in [5, 5.41) is 34.3. The SMILES string of the molecule is C=CC(C)=O.CC(=O)CCn1cc2nc(Cl)[nH]c(=O)c2n1.CC(=O)CCn1cc2nc(NCc3ccc(Cl)c(Cl)c3)[nH]c(=O)c2n1.CC(=O)CCn1ncc2nc(Cl)[nH]c(=O)c21.CC(=O)CCn1ncc2nc(NCc3ccc(Cl)c(Cl)c3)[nH]c(=O)c21.COc1nc(Cl)nc2c1CN=C2.COc1nc(Cl)nc2cn(CCC(C)=O)nc12.COc1nc(Cl)nc2cnn(CCC(C)=O)c12.NCc1ccc(Cl)c(Cl)c1.O.[Li+].[OH-]. The van der Waals surface area contributed by atoms with Gasteiger partial charge in [0.1, 0.15) is 73.3 Å². The van der Waals surface area contributed by atoms with Gasteiger partial charge in [-0.25, -0.2) is 34.9 Å². The fourth-order valence-electron chi connectivity index (χ4n) is 12.1. The molecule has 1 aliphatic rings. The summed E-state index contributed by atoms with van der Waals surface area (Å²) >= 11 is 63.5. The second-order valence-electron chi connectivity index (χ2n) is 30.2. The fraction of sp³-hybridized carbons (Fsp3) is 0.295. The number of hydrogen-bond acceptors (Lipinski definition) is 35. The van der Waals surface area contributed by atoms with Crippen molar-refractivity contribution in [1.82, 2.24) is 128 Å². The van der Waals surface area contributed by atoms with Crippen LogP contribution in [0.25, 0.3) is 66.2 Å². The number of ether oxygens (including phenoxy) is 3. The third-order valence-corrected chi connectivity index (χ3v) is 22.2. The van der Waals surface area contributed by atoms with Crippen LogP contribution in [0.2, 0.25) is 56.6 Å². The number of allylic oxidation sites excluding steroid dienone is 1. The number of benzene rings is 3. The summed E-state index contributed by atoms with van der Waals surface area (Å²) in [7, 11) is 4.55.